The van der Waals surface area contributed by atoms with E-state index >= 15 is 0 Å². The second-order valence-electron chi connectivity index (χ2n) is 33.2. The van der Waals surface area contributed by atoms with Gasteiger partial charge in [0, 0.05) is 112 Å². The Morgan fingerprint density at radius 1 is 0.447 bits per heavy atom. The van der Waals surface area contributed by atoms with Crippen LogP contribution in [0.4, 0.5) is 13.2 Å². The number of nitrogens with one attached hydrogen (secondary N) is 5. The maximum absolute atomic E-state index is 13.4. The van der Waals surface area contributed by atoms with Gasteiger partial charge >= 0.3 is 6.18 Å². The Morgan fingerprint density at radius 2 is 0.936 bits per heavy atom. The van der Waals surface area contributed by atoms with E-state index < -0.39 is 46.8 Å². The first-order valence-corrected chi connectivity index (χ1v) is 44.5. The Bertz CT molecular complexity index is 8050. The van der Waals surface area contributed by atoms with Gasteiger partial charge in [-0.15, -0.1) is 0 Å². The number of hydrogen-bond acceptors (Lipinski definition) is 20. The number of methoxy groups -OCH3 is 1. The summed E-state index contributed by atoms with van der Waals surface area (Å²) < 4.78 is 55.3. The zero-order valence-corrected chi connectivity index (χ0v) is 77.4. The number of hydroxylamine groups is 5. The van der Waals surface area contributed by atoms with E-state index in [-0.39, 0.29) is 79.2 Å². The summed E-state index contributed by atoms with van der Waals surface area (Å²) in [5.74, 6) is -0.426. The van der Waals surface area contributed by atoms with Crippen LogP contribution < -0.4 is 59.9 Å². The lowest BCUT2D eigenvalue weighted by molar-refractivity contribution is -0.137. The Labute approximate surface area is 805 Å². The van der Waals surface area contributed by atoms with Gasteiger partial charge in [0.1, 0.15) is 23.1 Å². The van der Waals surface area contributed by atoms with Gasteiger partial charge in [0.2, 0.25) is 0 Å². The van der Waals surface area contributed by atoms with Crippen LogP contribution in [0.5, 0.6) is 5.75 Å². The number of benzene rings is 11. The van der Waals surface area contributed by atoms with Gasteiger partial charge in [0.15, 0.2) is 5.82 Å². The standard InChI is InChI=1S/C24H18N4O3.C22H18F3N5O3.C21H22N2O3.C20H20N2O4.C18H16ClN3O3/c29-23(26-31)18-9-8-17-10-11-27(24(30)21(17)13-18)15-16-4-3-6-20(12-16)28-22-7-2-1-5-19(22)14-25-28;1-12-26-10-18(29(12)2)19-27-17-9-14(20(31)28-33)5-8-16(17)21(32)30(19)11-13-3-6-15(7-4-13)22(23,24)25;1-14(2)19(15-6-4-3-5-7-15)13-23-11-10-16-8-9-17(20(24)22-26)12-18(16)21(23)25;1-26-17-8-4-14(5-9-17)3-2-11-22-12-10-15-6-7-16(19(23)21-25)13-18(15)20(22)24;1-22-16(9-4-11-2-6-13(19)7-3-11)20-15-10-12(17(23)21-25)5-8-14(15)18(22)24/h1-14,31H,15H2,(H,26,29);3-10,33H,11H2,1-2H3,(H,28,31);3-12,14,19,26H,13H2,1-2H3,(H,22,24);4-10,12-13,25H,2-3,11H2,1H3,(H,21,23);2-3,5-8,10,25H,4,9H2,1H3,(H,21,23). The molecule has 5 amide bonds. The monoisotopic (exact) mass is 1930 g/mol. The number of imidazole rings is 1. The number of carbonyl (C=O) groups excluding carboxylic acids is 5. The van der Waals surface area contributed by atoms with Crippen LogP contribution in [0.1, 0.15) is 123 Å². The van der Waals surface area contributed by atoms with Crippen molar-refractivity contribution in [2.75, 3.05) is 7.11 Å². The molecule has 18 aromatic rings. The maximum atomic E-state index is 13.4. The lowest BCUT2D eigenvalue weighted by atomic mass is 9.88. The fraction of sp³-hybridized carbons (Fsp3) is 0.162. The summed E-state index contributed by atoms with van der Waals surface area (Å²) in [6, 6.07) is 74.5. The van der Waals surface area contributed by atoms with E-state index in [1.165, 1.54) is 98.7 Å². The van der Waals surface area contributed by atoms with E-state index in [1.807, 2.05) is 144 Å². The van der Waals surface area contributed by atoms with Gasteiger partial charge in [-0.05, 0) is 222 Å². The number of aromatic nitrogens is 11. The summed E-state index contributed by atoms with van der Waals surface area (Å²) in [5.41, 5.74) is 15.0. The number of ether oxygens (including phenoxy) is 1. The highest BCUT2D eigenvalue weighted by Gasteiger charge is 2.31. The lowest BCUT2D eigenvalue weighted by Gasteiger charge is -2.22. The molecule has 0 saturated carbocycles. The highest BCUT2D eigenvalue weighted by molar-refractivity contribution is 6.30. The average molecular weight is 1930 g/mol. The normalized spacial score (nSPS) is 11.3. The number of hydrogen-bond donors (Lipinski definition) is 10. The first-order valence-electron chi connectivity index (χ1n) is 44.1. The molecule has 10 N–H and O–H groups in total. The van der Waals surface area contributed by atoms with Crippen molar-refractivity contribution in [3.8, 4) is 23.0 Å². The molecule has 36 heteroatoms. The molecule has 7 aromatic heterocycles. The van der Waals surface area contributed by atoms with Crippen LogP contribution in [-0.2, 0) is 65.7 Å². The molecule has 141 heavy (non-hydrogen) atoms. The number of rotatable bonds is 23. The largest absolute Gasteiger partial charge is 0.497 e. The summed E-state index contributed by atoms with van der Waals surface area (Å²) in [5, 5.41) is 54.5. The molecule has 18 rings (SSSR count). The number of para-hydroxylation sites is 1. The number of aryl methyl sites for hydroxylation is 5. The van der Waals surface area contributed by atoms with E-state index in [0.717, 1.165) is 74.6 Å². The quantitative estimate of drug-likeness (QED) is 0.0210. The van der Waals surface area contributed by atoms with E-state index in [2.05, 4.69) is 46.0 Å². The molecular formula is C105H94ClF3N16O16. The molecule has 7 heterocycles. The molecule has 0 bridgehead atoms. The average Bonchev–Trinajstić information content (AvgIpc) is 1.72. The predicted molar refractivity (Wildman–Crippen MR) is 526 cm³/mol. The highest BCUT2D eigenvalue weighted by atomic mass is 35.5. The van der Waals surface area contributed by atoms with Gasteiger partial charge in [0.25, 0.3) is 57.3 Å². The number of pyridine rings is 3. The molecule has 718 valence electrons. The molecule has 0 aliphatic rings. The third-order valence-electron chi connectivity index (χ3n) is 23.9. The maximum Gasteiger partial charge on any atom is 0.416 e. The van der Waals surface area contributed by atoms with Gasteiger partial charge in [0.05, 0.1) is 71.2 Å². The first-order chi connectivity index (χ1) is 67.8. The van der Waals surface area contributed by atoms with Gasteiger partial charge < -0.3 is 23.0 Å². The fourth-order valence-corrected chi connectivity index (χ4v) is 16.2. The lowest BCUT2D eigenvalue weighted by Crippen LogP contribution is -2.25. The topological polar surface area (TPSA) is 427 Å². The van der Waals surface area contributed by atoms with Crippen LogP contribution in [0.2, 0.25) is 5.02 Å². The van der Waals surface area contributed by atoms with Crippen molar-refractivity contribution in [3.05, 3.63) is 421 Å². The number of fused-ring (bicyclic) bond motifs is 6. The second kappa shape index (κ2) is 44.9. The second-order valence-corrected chi connectivity index (χ2v) is 33.6. The van der Waals surface area contributed by atoms with Crippen molar-refractivity contribution in [1.29, 1.82) is 0 Å². The molecule has 32 nitrogen and oxygen atoms in total. The summed E-state index contributed by atoms with van der Waals surface area (Å²) in [6.45, 7) is 7.55. The number of carbonyl (C=O) groups is 5. The molecule has 0 spiro atoms. The molecule has 1 atom stereocenters. The SMILES string of the molecule is CC(C)C(Cn1ccc2ccc(C(=O)NO)cc2c1=O)c1ccccc1.COc1ccc(CCCn2ccc3ccc(C(=O)NO)cc3c2=O)cc1.Cc1ncc(-c2nc3cc(C(=O)NO)ccc3c(=O)n2Cc2ccc(C(F)(F)F)cc2)n1C.Cn1c(CCc2ccc(Cl)cc2)nc2cc(C(=O)NO)ccc2c1=O.O=C(NO)c1ccc2ccn(Cc3cccc(-n4ncc5ccccc54)c3)c(=O)c2c1. The molecule has 0 aliphatic heterocycles. The van der Waals surface area contributed by atoms with Crippen LogP contribution in [0, 0.1) is 12.8 Å². The van der Waals surface area contributed by atoms with Crippen molar-refractivity contribution in [2.24, 2.45) is 20.0 Å². The molecule has 0 fully saturated rings. The van der Waals surface area contributed by atoms with Crippen LogP contribution in [-0.4, -0.2) is 115 Å². The molecule has 0 aliphatic carbocycles. The fourth-order valence-electron chi connectivity index (χ4n) is 16.0. The first kappa shape index (κ1) is 100.0. The zero-order chi connectivity index (χ0) is 100. The number of alkyl halides is 3. The molecule has 1 unspecified atom stereocenters. The number of amides is 5. The van der Waals surface area contributed by atoms with Crippen molar-refractivity contribution in [1.82, 2.24) is 79.5 Å². The molecular weight excluding hydrogens is 1830 g/mol. The van der Waals surface area contributed by atoms with Crippen molar-refractivity contribution >= 4 is 106 Å². The minimum atomic E-state index is -4.46. The van der Waals surface area contributed by atoms with E-state index in [9.17, 15) is 61.1 Å². The Morgan fingerprint density at radius 3 is 1.48 bits per heavy atom. The minimum Gasteiger partial charge on any atom is -0.497 e. The van der Waals surface area contributed by atoms with Crippen molar-refractivity contribution < 1.29 is 67.9 Å². The van der Waals surface area contributed by atoms with Crippen LogP contribution in [0.3, 0.4) is 0 Å². The van der Waals surface area contributed by atoms with Gasteiger partial charge in [-0.3, -0.25) is 83.1 Å². The van der Waals surface area contributed by atoms with Crippen LogP contribution >= 0.6 is 11.6 Å². The summed E-state index contributed by atoms with van der Waals surface area (Å²) >= 11 is 5.88. The van der Waals surface area contributed by atoms with E-state index in [1.54, 1.807) is 123 Å². The van der Waals surface area contributed by atoms with Crippen LogP contribution in [0.25, 0.3) is 82.2 Å². The minimum absolute atomic E-state index is 0.0294. The smallest absolute Gasteiger partial charge is 0.416 e. The van der Waals surface area contributed by atoms with E-state index in [4.69, 9.17) is 42.4 Å². The van der Waals surface area contributed by atoms with Crippen molar-refractivity contribution in [3.63, 3.8) is 0 Å². The predicted octanol–water partition coefficient (Wildman–Crippen LogP) is 15.6. The van der Waals surface area contributed by atoms with Crippen molar-refractivity contribution in [2.45, 2.75) is 84.7 Å². The van der Waals surface area contributed by atoms with Gasteiger partial charge in [-0.1, -0.05) is 141 Å². The number of halogens is 4. The Hall–Kier alpha value is -17.0. The Kier molecular flexibility index (Phi) is 31.8. The highest BCUT2D eigenvalue weighted by Crippen LogP contribution is 2.32. The van der Waals surface area contributed by atoms with Crippen LogP contribution in [0.15, 0.2) is 316 Å². The molecule has 0 radical (unpaired) electrons. The third-order valence-corrected chi connectivity index (χ3v) is 24.2. The van der Waals surface area contributed by atoms with E-state index in [0.29, 0.717) is 93.4 Å². The summed E-state index contributed by atoms with van der Waals surface area (Å²) in [6.07, 6.45) is 7.16. The molecule has 0 saturated heterocycles. The number of nitrogens with zero attached hydrogens (tertiary/aromatic N) is 11. The third kappa shape index (κ3) is 23.5. The molecule has 11 aromatic carbocycles. The Balaban J connectivity index is 0.000000141. The summed E-state index contributed by atoms with van der Waals surface area (Å²) in [4.78, 5) is 136. The zero-order valence-electron chi connectivity index (χ0n) is 76.7. The van der Waals surface area contributed by atoms with Gasteiger partial charge in [-0.2, -0.15) is 18.3 Å². The van der Waals surface area contributed by atoms with Gasteiger partial charge in [-0.25, -0.2) is 47.0 Å². The summed E-state index contributed by atoms with van der Waals surface area (Å²) in [7, 11) is 5.06.